The van der Waals surface area contributed by atoms with Crippen molar-refractivity contribution in [3.05, 3.63) is 41.5 Å². The van der Waals surface area contributed by atoms with E-state index in [-0.39, 0.29) is 22.6 Å². The number of H-pyrrole nitrogens is 1. The first-order valence-electron chi connectivity index (χ1n) is 8.64. The van der Waals surface area contributed by atoms with Crippen LogP contribution in [0.2, 0.25) is 0 Å². The first kappa shape index (κ1) is 18.1. The highest BCUT2D eigenvalue weighted by Crippen LogP contribution is 2.29. The van der Waals surface area contributed by atoms with Crippen molar-refractivity contribution >= 4 is 38.3 Å². The van der Waals surface area contributed by atoms with Crippen LogP contribution in [0.15, 0.2) is 40.1 Å². The van der Waals surface area contributed by atoms with Gasteiger partial charge in [-0.15, -0.1) is 11.3 Å². The topological polar surface area (TPSA) is 108 Å². The molecule has 3 aromatic heterocycles. The molecule has 4 heterocycles. The van der Waals surface area contributed by atoms with E-state index in [1.54, 1.807) is 22.5 Å². The number of nitrogens with one attached hydrogen (secondary N) is 2. The van der Waals surface area contributed by atoms with Gasteiger partial charge in [-0.1, -0.05) is 6.07 Å². The summed E-state index contributed by atoms with van der Waals surface area (Å²) in [6.45, 7) is 0.921. The van der Waals surface area contributed by atoms with Crippen LogP contribution in [0.4, 0.5) is 0 Å². The van der Waals surface area contributed by atoms with Gasteiger partial charge in [0.25, 0.3) is 10.0 Å². The van der Waals surface area contributed by atoms with Crippen molar-refractivity contribution < 1.29 is 13.2 Å². The molecule has 1 amide bonds. The normalized spacial score (nSPS) is 18.1. The molecule has 1 unspecified atom stereocenters. The van der Waals surface area contributed by atoms with Gasteiger partial charge in [-0.05, 0) is 36.4 Å². The third-order valence-corrected chi connectivity index (χ3v) is 7.51. The molecular formula is C17H19N5O3S2. The van der Waals surface area contributed by atoms with Gasteiger partial charge < -0.3 is 4.90 Å². The number of rotatable bonds is 5. The summed E-state index contributed by atoms with van der Waals surface area (Å²) < 4.78 is 27.0. The number of thiophene rings is 1. The number of hydrogen-bond donors (Lipinski definition) is 2. The highest BCUT2D eigenvalue weighted by molar-refractivity contribution is 7.91. The Bertz CT molecular complexity index is 1050. The van der Waals surface area contributed by atoms with Gasteiger partial charge in [-0.25, -0.2) is 18.1 Å². The number of hydrogen-bond acceptors (Lipinski definition) is 6. The number of fused-ring (bicyclic) bond motifs is 1. The Morgan fingerprint density at radius 2 is 2.26 bits per heavy atom. The molecule has 0 aromatic carbocycles. The minimum absolute atomic E-state index is 0.130. The lowest BCUT2D eigenvalue weighted by Gasteiger charge is -2.32. The van der Waals surface area contributed by atoms with Crippen LogP contribution in [0, 0.1) is 0 Å². The lowest BCUT2D eigenvalue weighted by atomic mass is 9.93. The summed E-state index contributed by atoms with van der Waals surface area (Å²) in [5.74, 6) is -0.0902. The Hall–Kier alpha value is -2.30. The fourth-order valence-corrected chi connectivity index (χ4v) is 5.39. The van der Waals surface area contributed by atoms with Gasteiger partial charge in [-0.2, -0.15) is 5.10 Å². The van der Waals surface area contributed by atoms with Crippen molar-refractivity contribution in [3.63, 3.8) is 0 Å². The Labute approximate surface area is 160 Å². The Balaban J connectivity index is 1.43. The maximum atomic E-state index is 12.6. The minimum Gasteiger partial charge on any atom is -0.341 e. The summed E-state index contributed by atoms with van der Waals surface area (Å²) in [5, 5.41) is 9.95. The number of pyridine rings is 1. The molecule has 2 N–H and O–H groups in total. The van der Waals surface area contributed by atoms with Crippen molar-refractivity contribution in [3.8, 4) is 0 Å². The van der Waals surface area contributed by atoms with E-state index in [4.69, 9.17) is 0 Å². The summed E-state index contributed by atoms with van der Waals surface area (Å²) in [4.78, 5) is 18.5. The second kappa shape index (κ2) is 7.37. The summed E-state index contributed by atoms with van der Waals surface area (Å²) in [6.07, 6.45) is 3.50. The average Bonchev–Trinajstić information content (AvgIpc) is 3.36. The van der Waals surface area contributed by atoms with E-state index in [9.17, 15) is 13.2 Å². The molecule has 0 spiro atoms. The average molecular weight is 406 g/mol. The molecule has 1 aliphatic rings. The van der Waals surface area contributed by atoms with Gasteiger partial charge in [0, 0.05) is 36.3 Å². The number of carbonyl (C=O) groups is 1. The van der Waals surface area contributed by atoms with Gasteiger partial charge in [0.1, 0.15) is 4.21 Å². The summed E-state index contributed by atoms with van der Waals surface area (Å²) in [6, 6.07) is 7.02. The second-order valence-corrected chi connectivity index (χ2v) is 9.39. The molecule has 1 fully saturated rings. The number of nitrogens with zero attached hydrogens (tertiary/aromatic N) is 3. The van der Waals surface area contributed by atoms with E-state index in [1.807, 2.05) is 12.1 Å². The number of carbonyl (C=O) groups excluding carboxylic acids is 1. The largest absolute Gasteiger partial charge is 0.341 e. The molecule has 0 saturated carbocycles. The Kier molecular flexibility index (Phi) is 4.94. The highest BCUT2D eigenvalue weighted by Gasteiger charge is 2.28. The maximum absolute atomic E-state index is 12.6. The number of aromatic nitrogens is 3. The summed E-state index contributed by atoms with van der Waals surface area (Å²) in [5.41, 5.74) is 1.65. The first-order valence-corrected chi connectivity index (χ1v) is 11.0. The fraction of sp³-hybridized carbons (Fsp3) is 0.353. The molecule has 3 aromatic rings. The molecule has 10 heteroatoms. The molecule has 27 heavy (non-hydrogen) atoms. The van der Waals surface area contributed by atoms with E-state index in [1.165, 1.54) is 6.07 Å². The standard InChI is InChI=1S/C17H19N5O3S2/c23-14(10-19-27(24,25)15-6-3-9-26-15)22-8-2-4-12(11-22)16-13-5-1-7-18-17(13)21-20-16/h1,3,5-7,9,12,19H,2,4,8,10-11H2,(H,18,20,21). The molecule has 1 aliphatic heterocycles. The second-order valence-electron chi connectivity index (χ2n) is 6.45. The van der Waals surface area contributed by atoms with E-state index in [0.717, 1.165) is 35.3 Å². The van der Waals surface area contributed by atoms with Gasteiger partial charge in [0.15, 0.2) is 5.65 Å². The van der Waals surface area contributed by atoms with E-state index >= 15 is 0 Å². The smallest absolute Gasteiger partial charge is 0.250 e. The molecule has 0 bridgehead atoms. The molecule has 1 saturated heterocycles. The van der Waals surface area contributed by atoms with E-state index in [2.05, 4.69) is 19.9 Å². The molecular weight excluding hydrogens is 386 g/mol. The molecule has 0 radical (unpaired) electrons. The van der Waals surface area contributed by atoms with Crippen LogP contribution in [0.5, 0.6) is 0 Å². The van der Waals surface area contributed by atoms with Crippen molar-refractivity contribution in [2.45, 2.75) is 23.0 Å². The van der Waals surface area contributed by atoms with Crippen molar-refractivity contribution in [1.82, 2.24) is 24.8 Å². The number of likely N-dealkylation sites (tertiary alicyclic amines) is 1. The molecule has 142 valence electrons. The maximum Gasteiger partial charge on any atom is 0.250 e. The number of amides is 1. The minimum atomic E-state index is -3.64. The monoisotopic (exact) mass is 405 g/mol. The molecule has 4 rings (SSSR count). The lowest BCUT2D eigenvalue weighted by Crippen LogP contribution is -2.44. The van der Waals surface area contributed by atoms with Crippen molar-refractivity contribution in [2.75, 3.05) is 19.6 Å². The van der Waals surface area contributed by atoms with Crippen molar-refractivity contribution in [1.29, 1.82) is 0 Å². The number of piperidine rings is 1. The van der Waals surface area contributed by atoms with Gasteiger partial charge in [-0.3, -0.25) is 9.89 Å². The van der Waals surface area contributed by atoms with Gasteiger partial charge in [0.2, 0.25) is 5.91 Å². The van der Waals surface area contributed by atoms with Crippen LogP contribution in [-0.2, 0) is 14.8 Å². The zero-order valence-corrected chi connectivity index (χ0v) is 16.1. The third kappa shape index (κ3) is 3.73. The van der Waals surface area contributed by atoms with E-state index < -0.39 is 10.0 Å². The number of aromatic amines is 1. The molecule has 8 nitrogen and oxygen atoms in total. The summed E-state index contributed by atoms with van der Waals surface area (Å²) in [7, 11) is -3.64. The van der Waals surface area contributed by atoms with Gasteiger partial charge in [0.05, 0.1) is 6.54 Å². The van der Waals surface area contributed by atoms with Crippen LogP contribution in [0.25, 0.3) is 11.0 Å². The first-order chi connectivity index (χ1) is 13.0. The Morgan fingerprint density at radius 3 is 3.07 bits per heavy atom. The van der Waals surface area contributed by atoms with Crippen LogP contribution in [0.3, 0.4) is 0 Å². The predicted molar refractivity (Wildman–Crippen MR) is 102 cm³/mol. The third-order valence-electron chi connectivity index (χ3n) is 4.71. The number of sulfonamides is 1. The van der Waals surface area contributed by atoms with Crippen LogP contribution in [-0.4, -0.2) is 54.0 Å². The van der Waals surface area contributed by atoms with Crippen LogP contribution < -0.4 is 4.72 Å². The lowest BCUT2D eigenvalue weighted by molar-refractivity contribution is -0.131. The van der Waals surface area contributed by atoms with Crippen molar-refractivity contribution in [2.24, 2.45) is 0 Å². The quantitative estimate of drug-likeness (QED) is 0.672. The van der Waals surface area contributed by atoms with Gasteiger partial charge >= 0.3 is 0 Å². The summed E-state index contributed by atoms with van der Waals surface area (Å²) >= 11 is 1.12. The predicted octanol–water partition coefficient (Wildman–Crippen LogP) is 1.70. The Morgan fingerprint density at radius 1 is 1.37 bits per heavy atom. The zero-order valence-electron chi connectivity index (χ0n) is 14.5. The SMILES string of the molecule is O=C(CNS(=O)(=O)c1cccs1)N1CCCC(c2[nH]nc3ncccc23)C1. The van der Waals surface area contributed by atoms with Crippen LogP contribution >= 0.6 is 11.3 Å². The zero-order chi connectivity index (χ0) is 18.9. The highest BCUT2D eigenvalue weighted by atomic mass is 32.2. The molecule has 0 aliphatic carbocycles. The van der Waals surface area contributed by atoms with E-state index in [0.29, 0.717) is 18.7 Å². The van der Waals surface area contributed by atoms with Crippen LogP contribution in [0.1, 0.15) is 24.5 Å². The molecule has 1 atom stereocenters. The fourth-order valence-electron chi connectivity index (χ4n) is 3.38.